The Labute approximate surface area is 124 Å². The van der Waals surface area contributed by atoms with Crippen molar-refractivity contribution in [3.8, 4) is 0 Å². The van der Waals surface area contributed by atoms with E-state index in [1.807, 2.05) is 0 Å². The first-order valence-corrected chi connectivity index (χ1v) is 8.54. The predicted molar refractivity (Wildman–Crippen MR) is 81.5 cm³/mol. The Balaban J connectivity index is 1.58. The van der Waals surface area contributed by atoms with E-state index in [-0.39, 0.29) is 0 Å². The molecule has 0 aromatic carbocycles. The second-order valence-electron chi connectivity index (χ2n) is 6.24. The van der Waals surface area contributed by atoms with Crippen LogP contribution in [-0.2, 0) is 6.54 Å². The molecule has 19 heavy (non-hydrogen) atoms. The summed E-state index contributed by atoms with van der Waals surface area (Å²) in [6.07, 6.45) is 8.84. The number of hydrogen-bond donors (Lipinski definition) is 0. The highest BCUT2D eigenvalue weighted by Crippen LogP contribution is 2.29. The maximum absolute atomic E-state index is 4.79. The minimum Gasteiger partial charge on any atom is -0.296 e. The summed E-state index contributed by atoms with van der Waals surface area (Å²) in [5, 5.41) is 4.79. The van der Waals surface area contributed by atoms with Crippen LogP contribution in [0.1, 0.15) is 50.8 Å². The number of halogens is 1. The lowest BCUT2D eigenvalue weighted by atomic mass is 9.99. The minimum absolute atomic E-state index is 0.637. The largest absolute Gasteiger partial charge is 0.296 e. The van der Waals surface area contributed by atoms with Crippen molar-refractivity contribution in [2.24, 2.45) is 5.92 Å². The molecule has 1 saturated carbocycles. The van der Waals surface area contributed by atoms with Crippen molar-refractivity contribution in [2.45, 2.75) is 56.4 Å². The Morgan fingerprint density at radius 3 is 2.84 bits per heavy atom. The zero-order valence-corrected chi connectivity index (χ0v) is 13.3. The summed E-state index contributed by atoms with van der Waals surface area (Å²) in [5.74, 6) is 0.798. The van der Waals surface area contributed by atoms with Crippen molar-refractivity contribution >= 4 is 15.9 Å². The van der Waals surface area contributed by atoms with Crippen molar-refractivity contribution in [2.75, 3.05) is 13.1 Å². The molecule has 1 aromatic rings. The van der Waals surface area contributed by atoms with Crippen LogP contribution in [0, 0.1) is 5.92 Å². The van der Waals surface area contributed by atoms with E-state index in [0.717, 1.165) is 19.0 Å². The van der Waals surface area contributed by atoms with Crippen LogP contribution in [0.5, 0.6) is 0 Å². The van der Waals surface area contributed by atoms with Gasteiger partial charge in [0, 0.05) is 24.1 Å². The fraction of sp³-hybridized carbons (Fsp3) is 0.800. The molecule has 0 amide bonds. The summed E-state index contributed by atoms with van der Waals surface area (Å²) in [7, 11) is 0. The van der Waals surface area contributed by atoms with Gasteiger partial charge in [0.25, 0.3) is 0 Å². The summed E-state index contributed by atoms with van der Waals surface area (Å²) >= 11 is 3.80. The van der Waals surface area contributed by atoms with Crippen LogP contribution in [0.15, 0.2) is 12.3 Å². The molecule has 2 fully saturated rings. The van der Waals surface area contributed by atoms with E-state index in [1.165, 1.54) is 44.3 Å². The standard InChI is InChI=1S/C15H24BrN3/c1-12-6-8-18(11-15(12)16)10-13-7-9-19(17-13)14-4-2-3-5-14/h7,9,12,14-15H,2-6,8,10-11H2,1H3. The normalized spacial score (nSPS) is 30.0. The molecule has 0 spiro atoms. The van der Waals surface area contributed by atoms with Crippen LogP contribution in [-0.4, -0.2) is 32.6 Å². The Morgan fingerprint density at radius 2 is 2.11 bits per heavy atom. The van der Waals surface area contributed by atoms with Gasteiger partial charge in [-0.05, 0) is 37.8 Å². The van der Waals surface area contributed by atoms with Crippen molar-refractivity contribution in [3.05, 3.63) is 18.0 Å². The molecule has 1 aliphatic heterocycles. The first-order chi connectivity index (χ1) is 9.22. The molecule has 1 aromatic heterocycles. The van der Waals surface area contributed by atoms with Gasteiger partial charge in [-0.1, -0.05) is 35.7 Å². The van der Waals surface area contributed by atoms with E-state index in [0.29, 0.717) is 10.9 Å². The van der Waals surface area contributed by atoms with Crippen molar-refractivity contribution < 1.29 is 0 Å². The van der Waals surface area contributed by atoms with Crippen LogP contribution in [0.25, 0.3) is 0 Å². The van der Waals surface area contributed by atoms with Crippen LogP contribution in [0.3, 0.4) is 0 Å². The Hall–Kier alpha value is -0.350. The number of likely N-dealkylation sites (tertiary alicyclic amines) is 1. The lowest BCUT2D eigenvalue weighted by Gasteiger charge is -2.33. The topological polar surface area (TPSA) is 21.1 Å². The first-order valence-electron chi connectivity index (χ1n) is 7.63. The quantitative estimate of drug-likeness (QED) is 0.792. The molecule has 3 rings (SSSR count). The summed E-state index contributed by atoms with van der Waals surface area (Å²) in [6, 6.07) is 2.87. The molecule has 4 heteroatoms. The van der Waals surface area contributed by atoms with E-state index in [2.05, 4.69) is 44.7 Å². The van der Waals surface area contributed by atoms with Crippen molar-refractivity contribution in [1.82, 2.24) is 14.7 Å². The molecule has 2 atom stereocenters. The Morgan fingerprint density at radius 1 is 1.32 bits per heavy atom. The second kappa shape index (κ2) is 5.96. The molecule has 2 aliphatic rings. The van der Waals surface area contributed by atoms with E-state index >= 15 is 0 Å². The molecule has 0 bridgehead atoms. The van der Waals surface area contributed by atoms with Gasteiger partial charge in [0.05, 0.1) is 11.7 Å². The lowest BCUT2D eigenvalue weighted by Crippen LogP contribution is -2.39. The van der Waals surface area contributed by atoms with E-state index in [1.54, 1.807) is 0 Å². The third kappa shape index (κ3) is 3.22. The van der Waals surface area contributed by atoms with Gasteiger partial charge in [0.1, 0.15) is 0 Å². The van der Waals surface area contributed by atoms with Gasteiger partial charge in [-0.3, -0.25) is 9.58 Å². The van der Waals surface area contributed by atoms with E-state index < -0.39 is 0 Å². The summed E-state index contributed by atoms with van der Waals surface area (Å²) in [6.45, 7) is 5.71. The zero-order valence-electron chi connectivity index (χ0n) is 11.8. The van der Waals surface area contributed by atoms with E-state index in [4.69, 9.17) is 5.10 Å². The molecule has 2 unspecified atom stereocenters. The van der Waals surface area contributed by atoms with Crippen LogP contribution >= 0.6 is 15.9 Å². The Bertz CT molecular complexity index is 411. The molecule has 0 radical (unpaired) electrons. The average Bonchev–Trinajstić information content (AvgIpc) is 3.04. The molecule has 0 N–H and O–H groups in total. The number of nitrogens with zero attached hydrogens (tertiary/aromatic N) is 3. The SMILES string of the molecule is CC1CCN(Cc2ccn(C3CCCC3)n2)CC1Br. The fourth-order valence-corrected chi connectivity index (χ4v) is 3.97. The first kappa shape index (κ1) is 13.6. The number of rotatable bonds is 3. The smallest absolute Gasteiger partial charge is 0.0764 e. The highest BCUT2D eigenvalue weighted by atomic mass is 79.9. The molecule has 106 valence electrons. The van der Waals surface area contributed by atoms with Gasteiger partial charge in [0.2, 0.25) is 0 Å². The van der Waals surface area contributed by atoms with Crippen LogP contribution in [0.2, 0.25) is 0 Å². The summed E-state index contributed by atoms with van der Waals surface area (Å²) < 4.78 is 2.21. The Kier molecular flexibility index (Phi) is 4.27. The maximum Gasteiger partial charge on any atom is 0.0764 e. The van der Waals surface area contributed by atoms with Crippen LogP contribution in [0.4, 0.5) is 0 Å². The van der Waals surface area contributed by atoms with Gasteiger partial charge in [-0.2, -0.15) is 5.10 Å². The highest BCUT2D eigenvalue weighted by Gasteiger charge is 2.24. The van der Waals surface area contributed by atoms with Gasteiger partial charge in [0.15, 0.2) is 0 Å². The predicted octanol–water partition coefficient (Wildman–Crippen LogP) is 3.60. The number of aromatic nitrogens is 2. The van der Waals surface area contributed by atoms with Crippen LogP contribution < -0.4 is 0 Å². The minimum atomic E-state index is 0.637. The van der Waals surface area contributed by atoms with Gasteiger partial charge in [-0.15, -0.1) is 0 Å². The third-order valence-corrected chi connectivity index (χ3v) is 5.89. The van der Waals surface area contributed by atoms with Crippen molar-refractivity contribution in [1.29, 1.82) is 0 Å². The van der Waals surface area contributed by atoms with Gasteiger partial charge >= 0.3 is 0 Å². The number of hydrogen-bond acceptors (Lipinski definition) is 2. The monoisotopic (exact) mass is 325 g/mol. The van der Waals surface area contributed by atoms with Gasteiger partial charge in [-0.25, -0.2) is 0 Å². The summed E-state index contributed by atoms with van der Waals surface area (Å²) in [5.41, 5.74) is 1.24. The maximum atomic E-state index is 4.79. The molecule has 1 saturated heterocycles. The zero-order chi connectivity index (χ0) is 13.2. The summed E-state index contributed by atoms with van der Waals surface area (Å²) in [4.78, 5) is 3.17. The third-order valence-electron chi connectivity index (χ3n) is 4.70. The lowest BCUT2D eigenvalue weighted by molar-refractivity contribution is 0.191. The average molecular weight is 326 g/mol. The second-order valence-corrected chi connectivity index (χ2v) is 7.42. The molecule has 3 nitrogen and oxygen atoms in total. The van der Waals surface area contributed by atoms with Crippen molar-refractivity contribution in [3.63, 3.8) is 0 Å². The molecule has 2 heterocycles. The number of alkyl halides is 1. The number of piperidine rings is 1. The highest BCUT2D eigenvalue weighted by molar-refractivity contribution is 9.09. The fourth-order valence-electron chi connectivity index (χ4n) is 3.29. The van der Waals surface area contributed by atoms with E-state index in [9.17, 15) is 0 Å². The molecular weight excluding hydrogens is 302 g/mol. The van der Waals surface area contributed by atoms with Gasteiger partial charge < -0.3 is 0 Å². The molecule has 1 aliphatic carbocycles. The molecular formula is C15H24BrN3.